The van der Waals surface area contributed by atoms with Gasteiger partial charge in [-0.2, -0.15) is 0 Å². The lowest BCUT2D eigenvalue weighted by atomic mass is 10.1. The average molecular weight is 341 g/mol. The van der Waals surface area contributed by atoms with E-state index < -0.39 is 0 Å². The lowest BCUT2D eigenvalue weighted by molar-refractivity contribution is 0.102. The minimum atomic E-state index is -0.285. The highest BCUT2D eigenvalue weighted by atomic mass is 16.6. The number of carbonyl (C=O) groups is 1. The van der Waals surface area contributed by atoms with Crippen molar-refractivity contribution >= 4 is 6.09 Å². The summed E-state index contributed by atoms with van der Waals surface area (Å²) in [5.41, 5.74) is 2.29. The summed E-state index contributed by atoms with van der Waals surface area (Å²) in [6.45, 7) is 2.16. The molecule has 0 aliphatic carbocycles. The third-order valence-electron chi connectivity index (χ3n) is 4.12. The van der Waals surface area contributed by atoms with Gasteiger partial charge in [-0.25, -0.2) is 4.79 Å². The highest BCUT2D eigenvalue weighted by molar-refractivity contribution is 5.69. The second-order valence-electron chi connectivity index (χ2n) is 6.07. The lowest BCUT2D eigenvalue weighted by Gasteiger charge is -2.13. The summed E-state index contributed by atoms with van der Waals surface area (Å²) in [7, 11) is 1.70. The largest absolute Gasteiger partial charge is 0.490 e. The van der Waals surface area contributed by atoms with Gasteiger partial charge in [0.05, 0.1) is 13.2 Å². The summed E-state index contributed by atoms with van der Waals surface area (Å²) < 4.78 is 16.2. The zero-order valence-corrected chi connectivity index (χ0v) is 14.4. The Morgan fingerprint density at radius 3 is 2.56 bits per heavy atom. The summed E-state index contributed by atoms with van der Waals surface area (Å²) in [5, 5.41) is 0. The van der Waals surface area contributed by atoms with E-state index in [0.29, 0.717) is 26.3 Å². The number of carbonyl (C=O) groups excluding carboxylic acids is 1. The van der Waals surface area contributed by atoms with Gasteiger partial charge in [-0.05, 0) is 29.7 Å². The Bertz CT molecular complexity index is 672. The molecule has 1 unspecified atom stereocenters. The molecule has 1 saturated heterocycles. The average Bonchev–Trinajstić information content (AvgIpc) is 2.99. The Labute approximate surface area is 148 Å². The molecule has 0 spiro atoms. The van der Waals surface area contributed by atoms with Gasteiger partial charge in [-0.1, -0.05) is 42.5 Å². The van der Waals surface area contributed by atoms with Crippen LogP contribution in [-0.4, -0.2) is 44.0 Å². The molecule has 5 nitrogen and oxygen atoms in total. The van der Waals surface area contributed by atoms with Crippen LogP contribution < -0.4 is 4.74 Å². The lowest BCUT2D eigenvalue weighted by Crippen LogP contribution is -2.26. The number of amides is 1. The minimum absolute atomic E-state index is 0.246. The number of cyclic esters (lactones) is 1. The van der Waals surface area contributed by atoms with Crippen molar-refractivity contribution in [3.63, 3.8) is 0 Å². The molecule has 1 aliphatic rings. The van der Waals surface area contributed by atoms with Crippen LogP contribution >= 0.6 is 0 Å². The molecule has 1 aliphatic heterocycles. The maximum absolute atomic E-state index is 12.0. The number of methoxy groups -OCH3 is 1. The van der Waals surface area contributed by atoms with Crippen molar-refractivity contribution in [1.29, 1.82) is 0 Å². The Morgan fingerprint density at radius 1 is 1.08 bits per heavy atom. The van der Waals surface area contributed by atoms with Crippen LogP contribution in [0.5, 0.6) is 5.75 Å². The first-order valence-electron chi connectivity index (χ1n) is 8.45. The molecule has 2 aromatic carbocycles. The van der Waals surface area contributed by atoms with Gasteiger partial charge >= 0.3 is 6.09 Å². The Kier molecular flexibility index (Phi) is 5.90. The predicted molar refractivity (Wildman–Crippen MR) is 94.6 cm³/mol. The van der Waals surface area contributed by atoms with Gasteiger partial charge in [0.15, 0.2) is 6.10 Å². The van der Waals surface area contributed by atoms with Crippen molar-refractivity contribution in [2.45, 2.75) is 19.1 Å². The first-order chi connectivity index (χ1) is 12.2. The number of nitrogens with zero attached hydrogens (tertiary/aromatic N) is 1. The molecule has 0 saturated carbocycles. The zero-order chi connectivity index (χ0) is 17.5. The molecule has 1 atom stereocenters. The van der Waals surface area contributed by atoms with E-state index in [1.54, 1.807) is 12.0 Å². The topological polar surface area (TPSA) is 48.0 Å². The fourth-order valence-corrected chi connectivity index (χ4v) is 2.76. The van der Waals surface area contributed by atoms with E-state index >= 15 is 0 Å². The van der Waals surface area contributed by atoms with Gasteiger partial charge in [0, 0.05) is 13.7 Å². The van der Waals surface area contributed by atoms with Crippen molar-refractivity contribution < 1.29 is 19.0 Å². The van der Waals surface area contributed by atoms with Crippen molar-refractivity contribution in [2.24, 2.45) is 0 Å². The van der Waals surface area contributed by atoms with Crippen LogP contribution in [0.4, 0.5) is 4.79 Å². The highest BCUT2D eigenvalue weighted by Gasteiger charge is 2.31. The van der Waals surface area contributed by atoms with Gasteiger partial charge in [0.1, 0.15) is 12.4 Å². The molecule has 0 bridgehead atoms. The van der Waals surface area contributed by atoms with Crippen LogP contribution in [0.25, 0.3) is 0 Å². The summed E-state index contributed by atoms with van der Waals surface area (Å²) in [4.78, 5) is 13.7. The van der Waals surface area contributed by atoms with E-state index in [4.69, 9.17) is 14.2 Å². The fraction of sp³-hybridized carbons (Fsp3) is 0.350. The maximum Gasteiger partial charge on any atom is 0.410 e. The molecule has 132 valence electrons. The summed E-state index contributed by atoms with van der Waals surface area (Å²) >= 11 is 0. The Morgan fingerprint density at radius 2 is 1.84 bits per heavy atom. The third-order valence-corrected chi connectivity index (χ3v) is 4.12. The zero-order valence-electron chi connectivity index (χ0n) is 14.4. The van der Waals surface area contributed by atoms with E-state index in [9.17, 15) is 4.79 Å². The molecule has 0 N–H and O–H groups in total. The minimum Gasteiger partial charge on any atom is -0.490 e. The molecule has 5 heteroatoms. The fourth-order valence-electron chi connectivity index (χ4n) is 2.76. The molecule has 1 heterocycles. The standard InChI is InChI=1S/C20H23NO4/c1-23-12-11-16-7-9-18(10-8-16)24-15-19-14-21(20(22)25-19)13-17-5-3-2-4-6-17/h2-10,19H,11-15H2,1H3. The van der Waals surface area contributed by atoms with E-state index in [2.05, 4.69) is 0 Å². The van der Waals surface area contributed by atoms with Crippen molar-refractivity contribution in [1.82, 2.24) is 4.90 Å². The van der Waals surface area contributed by atoms with Crippen molar-refractivity contribution in [2.75, 3.05) is 26.9 Å². The normalized spacial score (nSPS) is 16.8. The van der Waals surface area contributed by atoms with Gasteiger partial charge in [-0.15, -0.1) is 0 Å². The SMILES string of the molecule is COCCc1ccc(OCC2CN(Cc3ccccc3)C(=O)O2)cc1. The van der Waals surface area contributed by atoms with Gasteiger partial charge in [-0.3, -0.25) is 0 Å². The Hall–Kier alpha value is -2.53. The highest BCUT2D eigenvalue weighted by Crippen LogP contribution is 2.18. The second kappa shape index (κ2) is 8.53. The van der Waals surface area contributed by atoms with Crippen LogP contribution in [-0.2, 0) is 22.4 Å². The van der Waals surface area contributed by atoms with E-state index in [0.717, 1.165) is 17.7 Å². The summed E-state index contributed by atoms with van der Waals surface area (Å²) in [6, 6.07) is 17.8. The summed E-state index contributed by atoms with van der Waals surface area (Å²) in [6.07, 6.45) is 0.350. The van der Waals surface area contributed by atoms with Gasteiger partial charge < -0.3 is 19.1 Å². The quantitative estimate of drug-likeness (QED) is 0.739. The smallest absolute Gasteiger partial charge is 0.410 e. The van der Waals surface area contributed by atoms with Crippen LogP contribution in [0.2, 0.25) is 0 Å². The monoisotopic (exact) mass is 341 g/mol. The maximum atomic E-state index is 12.0. The van der Waals surface area contributed by atoms with Crippen molar-refractivity contribution in [3.05, 3.63) is 65.7 Å². The Balaban J connectivity index is 1.47. The van der Waals surface area contributed by atoms with Gasteiger partial charge in [0.2, 0.25) is 0 Å². The van der Waals surface area contributed by atoms with Crippen LogP contribution in [0, 0.1) is 0 Å². The molecule has 1 amide bonds. The molecule has 0 aromatic heterocycles. The molecule has 0 radical (unpaired) electrons. The molecular weight excluding hydrogens is 318 g/mol. The number of benzene rings is 2. The molecular formula is C20H23NO4. The van der Waals surface area contributed by atoms with E-state index in [-0.39, 0.29) is 12.2 Å². The van der Waals surface area contributed by atoms with Crippen LogP contribution in [0.1, 0.15) is 11.1 Å². The molecule has 2 aromatic rings. The van der Waals surface area contributed by atoms with Crippen molar-refractivity contribution in [3.8, 4) is 5.75 Å². The summed E-state index contributed by atoms with van der Waals surface area (Å²) in [5.74, 6) is 0.777. The van der Waals surface area contributed by atoms with Crippen LogP contribution in [0.3, 0.4) is 0 Å². The first-order valence-corrected chi connectivity index (χ1v) is 8.45. The second-order valence-corrected chi connectivity index (χ2v) is 6.07. The van der Waals surface area contributed by atoms with E-state index in [1.165, 1.54) is 5.56 Å². The molecule has 1 fully saturated rings. The van der Waals surface area contributed by atoms with Gasteiger partial charge in [0.25, 0.3) is 0 Å². The number of hydrogen-bond donors (Lipinski definition) is 0. The number of hydrogen-bond acceptors (Lipinski definition) is 4. The number of ether oxygens (including phenoxy) is 3. The molecule has 25 heavy (non-hydrogen) atoms. The predicted octanol–water partition coefficient (Wildman–Crippen LogP) is 3.28. The number of rotatable bonds is 8. The van der Waals surface area contributed by atoms with Crippen LogP contribution in [0.15, 0.2) is 54.6 Å². The first kappa shape index (κ1) is 17.3. The van der Waals surface area contributed by atoms with E-state index in [1.807, 2.05) is 54.6 Å². The third kappa shape index (κ3) is 4.97. The molecule has 3 rings (SSSR count).